The van der Waals surface area contributed by atoms with Gasteiger partial charge in [0.15, 0.2) is 0 Å². The van der Waals surface area contributed by atoms with Crippen molar-refractivity contribution in [2.45, 2.75) is 31.2 Å². The second-order valence-electron chi connectivity index (χ2n) is 6.76. The van der Waals surface area contributed by atoms with Crippen molar-refractivity contribution in [1.82, 2.24) is 4.72 Å². The third-order valence-corrected chi connectivity index (χ3v) is 4.88. The molecule has 0 heterocycles. The van der Waals surface area contributed by atoms with Crippen molar-refractivity contribution < 1.29 is 17.6 Å². The number of hydrogen-bond donors (Lipinski definition) is 2. The molecule has 2 aromatic rings. The molecule has 0 fully saturated rings. The number of anilines is 1. The fraction of sp³-hybridized carbons (Fsp3) is 0.211. The van der Waals surface area contributed by atoms with Crippen LogP contribution in [0.5, 0.6) is 0 Å². The molecular formula is C19H21FN2O3S. The molecule has 0 saturated heterocycles. The Bertz CT molecular complexity index is 932. The summed E-state index contributed by atoms with van der Waals surface area (Å²) in [6.45, 7) is 5.23. The van der Waals surface area contributed by atoms with E-state index in [1.165, 1.54) is 36.4 Å². The molecule has 0 saturated carbocycles. The van der Waals surface area contributed by atoms with Crippen molar-refractivity contribution >= 4 is 27.7 Å². The summed E-state index contributed by atoms with van der Waals surface area (Å²) in [5.74, 6) is -0.843. The van der Waals surface area contributed by atoms with Crippen molar-refractivity contribution in [2.75, 3.05) is 5.32 Å². The molecule has 2 aromatic carbocycles. The van der Waals surface area contributed by atoms with Gasteiger partial charge in [-0.05, 0) is 62.7 Å². The zero-order valence-corrected chi connectivity index (χ0v) is 15.6. The average molecular weight is 376 g/mol. The van der Waals surface area contributed by atoms with E-state index in [0.29, 0.717) is 11.3 Å². The van der Waals surface area contributed by atoms with Gasteiger partial charge in [-0.1, -0.05) is 18.2 Å². The smallest absolute Gasteiger partial charge is 0.248 e. The van der Waals surface area contributed by atoms with E-state index in [2.05, 4.69) is 10.0 Å². The lowest BCUT2D eigenvalue weighted by molar-refractivity contribution is -0.111. The first-order chi connectivity index (χ1) is 12.0. The van der Waals surface area contributed by atoms with Gasteiger partial charge in [0.05, 0.1) is 4.90 Å². The van der Waals surface area contributed by atoms with Gasteiger partial charge in [-0.3, -0.25) is 4.79 Å². The molecule has 0 aliphatic rings. The highest BCUT2D eigenvalue weighted by Gasteiger charge is 2.22. The molecule has 0 aliphatic heterocycles. The molecule has 5 nitrogen and oxygen atoms in total. The van der Waals surface area contributed by atoms with Gasteiger partial charge < -0.3 is 5.32 Å². The van der Waals surface area contributed by atoms with E-state index in [9.17, 15) is 17.6 Å². The van der Waals surface area contributed by atoms with Crippen LogP contribution in [0.3, 0.4) is 0 Å². The van der Waals surface area contributed by atoms with Gasteiger partial charge in [0.1, 0.15) is 5.82 Å². The largest absolute Gasteiger partial charge is 0.322 e. The number of amides is 1. The van der Waals surface area contributed by atoms with Crippen LogP contribution in [0.1, 0.15) is 26.3 Å². The first-order valence-electron chi connectivity index (χ1n) is 7.94. The predicted molar refractivity (Wildman–Crippen MR) is 101 cm³/mol. The molecule has 0 aliphatic carbocycles. The number of halogens is 1. The Kier molecular flexibility index (Phi) is 5.94. The van der Waals surface area contributed by atoms with Crippen molar-refractivity contribution in [1.29, 1.82) is 0 Å². The summed E-state index contributed by atoms with van der Waals surface area (Å²) in [7, 11) is -3.70. The molecule has 138 valence electrons. The number of nitrogens with one attached hydrogen (secondary N) is 2. The van der Waals surface area contributed by atoms with Gasteiger partial charge in [0, 0.05) is 17.3 Å². The van der Waals surface area contributed by atoms with E-state index in [1.54, 1.807) is 45.0 Å². The van der Waals surface area contributed by atoms with Crippen LogP contribution < -0.4 is 10.0 Å². The maximum absolute atomic E-state index is 13.1. The Labute approximate surface area is 153 Å². The molecule has 1 amide bonds. The van der Waals surface area contributed by atoms with Gasteiger partial charge >= 0.3 is 0 Å². The molecule has 26 heavy (non-hydrogen) atoms. The minimum atomic E-state index is -3.70. The summed E-state index contributed by atoms with van der Waals surface area (Å²) in [4.78, 5) is 12.1. The fourth-order valence-corrected chi connectivity index (χ4v) is 3.63. The standard InChI is InChI=1S/C19H21FN2O3S/c1-19(2,3)22-26(24,25)17-9-5-8-16(13-17)21-18(23)11-10-14-6-4-7-15(20)12-14/h4-13,22H,1-3H3,(H,21,23)/b11-10+. The highest BCUT2D eigenvalue weighted by Crippen LogP contribution is 2.17. The summed E-state index contributed by atoms with van der Waals surface area (Å²) in [6, 6.07) is 11.8. The average Bonchev–Trinajstić information content (AvgIpc) is 2.51. The highest BCUT2D eigenvalue weighted by molar-refractivity contribution is 7.89. The molecule has 0 atom stereocenters. The van der Waals surface area contributed by atoms with Gasteiger partial charge in [-0.2, -0.15) is 0 Å². The molecule has 0 spiro atoms. The second kappa shape index (κ2) is 7.80. The SMILES string of the molecule is CC(C)(C)NS(=O)(=O)c1cccc(NC(=O)/C=C/c2cccc(F)c2)c1. The van der Waals surface area contributed by atoms with Crippen molar-refractivity contribution in [2.24, 2.45) is 0 Å². The van der Waals surface area contributed by atoms with Gasteiger partial charge in [0.2, 0.25) is 15.9 Å². The summed E-state index contributed by atoms with van der Waals surface area (Å²) in [6.07, 6.45) is 2.73. The first kappa shape index (κ1) is 19.8. The summed E-state index contributed by atoms with van der Waals surface area (Å²) in [5, 5.41) is 2.59. The lowest BCUT2D eigenvalue weighted by atomic mass is 10.1. The number of sulfonamides is 1. The summed E-state index contributed by atoms with van der Waals surface area (Å²) >= 11 is 0. The lowest BCUT2D eigenvalue weighted by Crippen LogP contribution is -2.40. The van der Waals surface area contributed by atoms with Crippen LogP contribution in [-0.4, -0.2) is 19.9 Å². The van der Waals surface area contributed by atoms with Crippen LogP contribution >= 0.6 is 0 Å². The van der Waals surface area contributed by atoms with E-state index < -0.39 is 27.3 Å². The van der Waals surface area contributed by atoms with E-state index >= 15 is 0 Å². The van der Waals surface area contributed by atoms with Crippen LogP contribution in [0.25, 0.3) is 6.08 Å². The Hall–Kier alpha value is -2.51. The van der Waals surface area contributed by atoms with E-state index in [1.807, 2.05) is 0 Å². The molecule has 2 rings (SSSR count). The number of carbonyl (C=O) groups is 1. The van der Waals surface area contributed by atoms with Gasteiger partial charge in [-0.25, -0.2) is 17.5 Å². The fourth-order valence-electron chi connectivity index (χ4n) is 2.17. The minimum absolute atomic E-state index is 0.0549. The predicted octanol–water partition coefficient (Wildman–Crippen LogP) is 3.55. The third-order valence-electron chi connectivity index (χ3n) is 3.13. The Morgan fingerprint density at radius 3 is 2.42 bits per heavy atom. The van der Waals surface area contributed by atoms with E-state index in [0.717, 1.165) is 0 Å². The highest BCUT2D eigenvalue weighted by atomic mass is 32.2. The molecular weight excluding hydrogens is 355 g/mol. The van der Waals surface area contributed by atoms with Crippen LogP contribution in [0.15, 0.2) is 59.5 Å². The maximum Gasteiger partial charge on any atom is 0.248 e. The number of rotatable bonds is 5. The van der Waals surface area contributed by atoms with Crippen molar-refractivity contribution in [3.05, 3.63) is 66.0 Å². The molecule has 0 unspecified atom stereocenters. The minimum Gasteiger partial charge on any atom is -0.322 e. The molecule has 7 heteroatoms. The quantitative estimate of drug-likeness (QED) is 0.784. The Balaban J connectivity index is 2.12. The summed E-state index contributed by atoms with van der Waals surface area (Å²) in [5.41, 5.74) is 0.271. The molecule has 0 bridgehead atoms. The van der Waals surface area contributed by atoms with E-state index in [-0.39, 0.29) is 4.90 Å². The van der Waals surface area contributed by atoms with Crippen LogP contribution in [0, 0.1) is 5.82 Å². The summed E-state index contributed by atoms with van der Waals surface area (Å²) < 4.78 is 40.4. The van der Waals surface area contributed by atoms with Crippen LogP contribution in [-0.2, 0) is 14.8 Å². The maximum atomic E-state index is 13.1. The lowest BCUT2D eigenvalue weighted by Gasteiger charge is -2.20. The Morgan fingerprint density at radius 2 is 1.77 bits per heavy atom. The number of hydrogen-bond acceptors (Lipinski definition) is 3. The van der Waals surface area contributed by atoms with E-state index in [4.69, 9.17) is 0 Å². The number of benzene rings is 2. The van der Waals surface area contributed by atoms with Crippen LogP contribution in [0.4, 0.5) is 10.1 Å². The molecule has 0 radical (unpaired) electrons. The van der Waals surface area contributed by atoms with Gasteiger partial charge in [-0.15, -0.1) is 0 Å². The zero-order valence-electron chi connectivity index (χ0n) is 14.8. The van der Waals surface area contributed by atoms with Crippen molar-refractivity contribution in [3.8, 4) is 0 Å². The Morgan fingerprint density at radius 1 is 1.08 bits per heavy atom. The monoisotopic (exact) mass is 376 g/mol. The van der Waals surface area contributed by atoms with Gasteiger partial charge in [0.25, 0.3) is 0 Å². The first-order valence-corrected chi connectivity index (χ1v) is 9.42. The molecule has 0 aromatic heterocycles. The number of carbonyl (C=O) groups excluding carboxylic acids is 1. The normalized spacial score (nSPS) is 12.3. The van der Waals surface area contributed by atoms with Crippen molar-refractivity contribution in [3.63, 3.8) is 0 Å². The molecule has 2 N–H and O–H groups in total. The topological polar surface area (TPSA) is 75.3 Å². The van der Waals surface area contributed by atoms with Crippen LogP contribution in [0.2, 0.25) is 0 Å². The zero-order chi connectivity index (χ0) is 19.4. The third kappa shape index (κ3) is 6.09. The second-order valence-corrected chi connectivity index (χ2v) is 8.44.